The topological polar surface area (TPSA) is 29.1 Å². The van der Waals surface area contributed by atoms with Crippen molar-refractivity contribution in [3.8, 4) is 0 Å². The van der Waals surface area contributed by atoms with Gasteiger partial charge in [-0.1, -0.05) is 12.8 Å². The maximum Gasteiger partial charge on any atom is 0.261 e. The van der Waals surface area contributed by atoms with Crippen LogP contribution in [0.3, 0.4) is 0 Å². The zero-order valence-electron chi connectivity index (χ0n) is 12.5. The number of halogens is 1. The average molecular weight is 326 g/mol. The maximum absolute atomic E-state index is 12.4. The molecule has 21 heavy (non-hydrogen) atoms. The summed E-state index contributed by atoms with van der Waals surface area (Å²) in [7, 11) is 0. The first-order valence-electron chi connectivity index (χ1n) is 8.23. The smallest absolute Gasteiger partial charge is 0.261 e. The number of rotatable bonds is 4. The summed E-state index contributed by atoms with van der Waals surface area (Å²) < 4.78 is 0. The molecule has 1 amide bonds. The van der Waals surface area contributed by atoms with Gasteiger partial charge < -0.3 is 5.32 Å². The van der Waals surface area contributed by atoms with Crippen molar-refractivity contribution in [1.82, 2.24) is 5.32 Å². The summed E-state index contributed by atoms with van der Waals surface area (Å²) >= 11 is 7.72. The lowest BCUT2D eigenvalue weighted by atomic mass is 9.98. The van der Waals surface area contributed by atoms with E-state index < -0.39 is 0 Å². The fraction of sp³-hybridized carbons (Fsp3) is 0.706. The first-order chi connectivity index (χ1) is 10.3. The number of alkyl halides is 1. The van der Waals surface area contributed by atoms with Gasteiger partial charge in [-0.15, -0.1) is 22.9 Å². The highest BCUT2D eigenvalue weighted by atomic mass is 35.5. The lowest BCUT2D eigenvalue weighted by molar-refractivity contribution is 0.0948. The molecular formula is C17H24ClNOS. The molecule has 1 aromatic rings. The number of carbonyl (C=O) groups excluding carboxylic acids is 1. The molecule has 1 N–H and O–H groups in total. The summed E-state index contributed by atoms with van der Waals surface area (Å²) in [6.45, 7) is 0.790. The number of nitrogens with one attached hydrogen (secondary N) is 1. The van der Waals surface area contributed by atoms with Crippen molar-refractivity contribution in [2.24, 2.45) is 11.8 Å². The largest absolute Gasteiger partial charge is 0.351 e. The summed E-state index contributed by atoms with van der Waals surface area (Å²) in [5, 5.41) is 3.14. The molecule has 2 aliphatic rings. The zero-order chi connectivity index (χ0) is 14.7. The van der Waals surface area contributed by atoms with E-state index in [0.29, 0.717) is 11.8 Å². The molecule has 2 nitrogen and oxygen atoms in total. The Morgan fingerprint density at radius 2 is 2.00 bits per heavy atom. The number of carbonyl (C=O) groups is 1. The van der Waals surface area contributed by atoms with Crippen LogP contribution in [0.1, 0.15) is 58.6 Å². The highest BCUT2D eigenvalue weighted by molar-refractivity contribution is 7.14. The molecule has 1 aromatic heterocycles. The van der Waals surface area contributed by atoms with E-state index in [0.717, 1.165) is 30.1 Å². The summed E-state index contributed by atoms with van der Waals surface area (Å²) in [5.41, 5.74) is 1.42. The second-order valence-corrected chi connectivity index (χ2v) is 7.88. The number of fused-ring (bicyclic) bond motifs is 1. The molecule has 3 rings (SSSR count). The summed E-state index contributed by atoms with van der Waals surface area (Å²) in [6, 6.07) is 2.13. The predicted molar refractivity (Wildman–Crippen MR) is 89.5 cm³/mol. The third-order valence-corrected chi connectivity index (χ3v) is 6.64. The summed E-state index contributed by atoms with van der Waals surface area (Å²) in [6.07, 6.45) is 9.85. The molecule has 0 aromatic carbocycles. The normalized spacial score (nSPS) is 25.4. The van der Waals surface area contributed by atoms with Gasteiger partial charge in [0.1, 0.15) is 0 Å². The van der Waals surface area contributed by atoms with E-state index >= 15 is 0 Å². The molecule has 4 heteroatoms. The highest BCUT2D eigenvalue weighted by Crippen LogP contribution is 2.32. The van der Waals surface area contributed by atoms with Crippen LogP contribution in [0.5, 0.6) is 0 Å². The van der Waals surface area contributed by atoms with Crippen molar-refractivity contribution in [2.45, 2.75) is 51.4 Å². The van der Waals surface area contributed by atoms with E-state index in [1.165, 1.54) is 49.0 Å². The van der Waals surface area contributed by atoms with Gasteiger partial charge in [0.25, 0.3) is 5.91 Å². The minimum atomic E-state index is 0.119. The van der Waals surface area contributed by atoms with Crippen molar-refractivity contribution >= 4 is 28.8 Å². The average Bonchev–Trinajstić information content (AvgIpc) is 3.06. The third-order valence-electron chi connectivity index (χ3n) is 5.01. The fourth-order valence-electron chi connectivity index (χ4n) is 3.68. The number of hydrogen-bond acceptors (Lipinski definition) is 2. The standard InChI is InChI=1S/C17H24ClNOS/c18-10-13-6-4-7-14(13)11-19-17(20)16-9-12-5-2-1-3-8-15(12)21-16/h9,13-14H,1-8,10-11H2,(H,19,20). The van der Waals surface area contributed by atoms with Crippen LogP contribution < -0.4 is 5.32 Å². The minimum absolute atomic E-state index is 0.119. The van der Waals surface area contributed by atoms with Crippen molar-refractivity contribution in [3.05, 3.63) is 21.4 Å². The number of amides is 1. The van der Waals surface area contributed by atoms with Gasteiger partial charge in [-0.2, -0.15) is 0 Å². The van der Waals surface area contributed by atoms with Crippen LogP contribution in [0.2, 0.25) is 0 Å². The molecule has 116 valence electrons. The molecule has 0 bridgehead atoms. The van der Waals surface area contributed by atoms with Crippen LogP contribution in [0, 0.1) is 11.8 Å². The SMILES string of the molecule is O=C(NCC1CCCC1CCl)c1cc2c(s1)CCCCC2. The monoisotopic (exact) mass is 325 g/mol. The molecule has 2 atom stereocenters. The quantitative estimate of drug-likeness (QED) is 0.645. The van der Waals surface area contributed by atoms with Crippen molar-refractivity contribution < 1.29 is 4.79 Å². The van der Waals surface area contributed by atoms with Gasteiger partial charge in [-0.25, -0.2) is 0 Å². The first-order valence-corrected chi connectivity index (χ1v) is 9.58. The Bertz CT molecular complexity index is 475. The minimum Gasteiger partial charge on any atom is -0.351 e. The second kappa shape index (κ2) is 7.15. The molecule has 0 aliphatic heterocycles. The van der Waals surface area contributed by atoms with E-state index in [4.69, 9.17) is 11.6 Å². The van der Waals surface area contributed by atoms with Gasteiger partial charge in [-0.05, 0) is 62.0 Å². The van der Waals surface area contributed by atoms with Crippen LogP contribution in [0.25, 0.3) is 0 Å². The van der Waals surface area contributed by atoms with E-state index in [2.05, 4.69) is 11.4 Å². The number of hydrogen-bond donors (Lipinski definition) is 1. The number of aryl methyl sites for hydroxylation is 2. The lowest BCUT2D eigenvalue weighted by Crippen LogP contribution is -2.30. The zero-order valence-corrected chi connectivity index (χ0v) is 14.1. The second-order valence-electron chi connectivity index (χ2n) is 6.44. The van der Waals surface area contributed by atoms with Gasteiger partial charge in [0.05, 0.1) is 4.88 Å². The van der Waals surface area contributed by atoms with Gasteiger partial charge >= 0.3 is 0 Å². The Morgan fingerprint density at radius 3 is 2.86 bits per heavy atom. The molecule has 1 heterocycles. The van der Waals surface area contributed by atoms with Crippen molar-refractivity contribution in [2.75, 3.05) is 12.4 Å². The van der Waals surface area contributed by atoms with Gasteiger partial charge in [0, 0.05) is 17.3 Å². The summed E-state index contributed by atoms with van der Waals surface area (Å²) in [5.74, 6) is 2.01. The van der Waals surface area contributed by atoms with Crippen LogP contribution in [-0.4, -0.2) is 18.3 Å². The van der Waals surface area contributed by atoms with Gasteiger partial charge in [-0.3, -0.25) is 4.79 Å². The Morgan fingerprint density at radius 1 is 1.19 bits per heavy atom. The summed E-state index contributed by atoms with van der Waals surface area (Å²) in [4.78, 5) is 14.7. The van der Waals surface area contributed by atoms with Crippen molar-refractivity contribution in [1.29, 1.82) is 0 Å². The van der Waals surface area contributed by atoms with E-state index in [1.807, 2.05) is 0 Å². The maximum atomic E-state index is 12.4. The van der Waals surface area contributed by atoms with E-state index in [-0.39, 0.29) is 5.91 Å². The predicted octanol–water partition coefficient (Wildman–Crippen LogP) is 4.40. The van der Waals surface area contributed by atoms with Gasteiger partial charge in [0.15, 0.2) is 0 Å². The molecular weight excluding hydrogens is 302 g/mol. The lowest BCUT2D eigenvalue weighted by Gasteiger charge is -2.17. The fourth-order valence-corrected chi connectivity index (χ4v) is 5.25. The van der Waals surface area contributed by atoms with Crippen LogP contribution in [0.15, 0.2) is 6.07 Å². The molecule has 0 radical (unpaired) electrons. The first kappa shape index (κ1) is 15.4. The molecule has 2 aliphatic carbocycles. The molecule has 1 saturated carbocycles. The molecule has 2 unspecified atom stereocenters. The van der Waals surface area contributed by atoms with E-state index in [9.17, 15) is 4.79 Å². The molecule has 1 fully saturated rings. The molecule has 0 spiro atoms. The Balaban J connectivity index is 1.58. The third kappa shape index (κ3) is 3.62. The van der Waals surface area contributed by atoms with E-state index in [1.54, 1.807) is 11.3 Å². The van der Waals surface area contributed by atoms with Crippen molar-refractivity contribution in [3.63, 3.8) is 0 Å². The highest BCUT2D eigenvalue weighted by Gasteiger charge is 2.27. The van der Waals surface area contributed by atoms with Crippen LogP contribution >= 0.6 is 22.9 Å². The van der Waals surface area contributed by atoms with Crippen LogP contribution in [0.4, 0.5) is 0 Å². The van der Waals surface area contributed by atoms with Crippen LogP contribution in [-0.2, 0) is 12.8 Å². The Kier molecular flexibility index (Phi) is 5.23. The number of thiophene rings is 1. The molecule has 0 saturated heterocycles. The van der Waals surface area contributed by atoms with Gasteiger partial charge in [0.2, 0.25) is 0 Å². The Labute approximate surface area is 136 Å². The Hall–Kier alpha value is -0.540.